The quantitative estimate of drug-likeness (QED) is 0.0403. The fourth-order valence-corrected chi connectivity index (χ4v) is 3.48. The summed E-state index contributed by atoms with van der Waals surface area (Å²) >= 11 is 0. The molecule has 19 nitrogen and oxygen atoms in total. The van der Waals surface area contributed by atoms with Crippen molar-refractivity contribution in [3.63, 3.8) is 0 Å². The molecule has 296 valence electrons. The predicted molar refractivity (Wildman–Crippen MR) is 182 cm³/mol. The van der Waals surface area contributed by atoms with Crippen molar-refractivity contribution in [3.8, 4) is 0 Å². The van der Waals surface area contributed by atoms with Crippen LogP contribution in [0.1, 0.15) is 32.6 Å². The minimum atomic E-state index is -0.292. The van der Waals surface area contributed by atoms with E-state index in [1.807, 2.05) is 0 Å². The Labute approximate surface area is 299 Å². The molecule has 4 amide bonds. The van der Waals surface area contributed by atoms with Gasteiger partial charge in [-0.25, -0.2) is 0 Å². The smallest absolute Gasteiger partial charge is 0.246 e. The van der Waals surface area contributed by atoms with Gasteiger partial charge in [-0.2, -0.15) is 0 Å². The number of nitrogens with one attached hydrogen (secondary N) is 4. The van der Waals surface area contributed by atoms with Crippen LogP contribution in [-0.4, -0.2) is 174 Å². The van der Waals surface area contributed by atoms with Crippen molar-refractivity contribution in [2.45, 2.75) is 32.6 Å². The van der Waals surface area contributed by atoms with Gasteiger partial charge in [-0.05, 0) is 6.42 Å². The fourth-order valence-electron chi connectivity index (χ4n) is 3.48. The SMILES string of the molecule is CCC(=O)COCCOCCNC(=O)COCCOCCNC(=O)CCCC(=O)NCCOCCOCC(=O)NCCOCCOCC(=O)CN. The van der Waals surface area contributed by atoms with Crippen LogP contribution in [0.5, 0.6) is 0 Å². The number of Topliss-reactive ketones (excluding diaryl/α,β-unsaturated/α-hetero) is 2. The van der Waals surface area contributed by atoms with Gasteiger partial charge in [-0.1, -0.05) is 6.92 Å². The maximum atomic E-state index is 11.9. The molecule has 0 aromatic heterocycles. The predicted octanol–water partition coefficient (Wildman–Crippen LogP) is -2.74. The van der Waals surface area contributed by atoms with Gasteiger partial charge in [-0.15, -0.1) is 0 Å². The lowest BCUT2D eigenvalue weighted by Crippen LogP contribution is -2.31. The average molecular weight is 738 g/mol. The third-order valence-electron chi connectivity index (χ3n) is 6.18. The highest BCUT2D eigenvalue weighted by atomic mass is 16.5. The molecule has 0 saturated carbocycles. The van der Waals surface area contributed by atoms with E-state index < -0.39 is 0 Å². The van der Waals surface area contributed by atoms with Gasteiger partial charge >= 0.3 is 0 Å². The highest BCUT2D eigenvalue weighted by molar-refractivity contribution is 5.81. The van der Waals surface area contributed by atoms with Crippen LogP contribution in [-0.2, 0) is 66.7 Å². The largest absolute Gasteiger partial charge is 0.377 e. The minimum absolute atomic E-state index is 0.0365. The molecule has 0 spiro atoms. The van der Waals surface area contributed by atoms with Crippen LogP contribution in [0.25, 0.3) is 0 Å². The lowest BCUT2D eigenvalue weighted by molar-refractivity contribution is -0.127. The number of hydrogen-bond acceptors (Lipinski definition) is 15. The Bertz CT molecular complexity index is 872. The van der Waals surface area contributed by atoms with E-state index in [0.717, 1.165) is 0 Å². The van der Waals surface area contributed by atoms with Crippen LogP contribution < -0.4 is 27.0 Å². The van der Waals surface area contributed by atoms with Crippen molar-refractivity contribution in [2.75, 3.05) is 138 Å². The summed E-state index contributed by atoms with van der Waals surface area (Å²) in [5.74, 6) is -1.10. The third kappa shape index (κ3) is 36.5. The summed E-state index contributed by atoms with van der Waals surface area (Å²) in [5.41, 5.74) is 5.17. The zero-order valence-corrected chi connectivity index (χ0v) is 30.0. The maximum absolute atomic E-state index is 11.9. The van der Waals surface area contributed by atoms with Crippen LogP contribution in [0.15, 0.2) is 0 Å². The Kier molecular flexibility index (Phi) is 34.4. The summed E-state index contributed by atoms with van der Waals surface area (Å²) in [5, 5.41) is 10.7. The number of ether oxygens (including phenoxy) is 8. The standard InChI is InChI=1S/C32H59N5O14/c1-2-27(38)23-48-18-14-46-12-8-36-31(42)25-50-20-16-44-10-6-34-29(40)4-3-5-30(41)35-7-11-45-17-21-51-26-32(43)37-9-13-47-15-19-49-24-28(39)22-33/h2-26,33H2,1H3,(H,34,40)(H,35,41)(H,36,42)(H,37,43). The zero-order chi connectivity index (χ0) is 37.6. The second kappa shape index (κ2) is 36.6. The zero-order valence-electron chi connectivity index (χ0n) is 30.0. The molecular weight excluding hydrogens is 678 g/mol. The molecule has 0 fully saturated rings. The Morgan fingerprint density at radius 2 is 0.725 bits per heavy atom. The molecule has 19 heteroatoms. The molecule has 0 rings (SSSR count). The maximum Gasteiger partial charge on any atom is 0.246 e. The van der Waals surface area contributed by atoms with E-state index in [1.54, 1.807) is 6.92 Å². The minimum Gasteiger partial charge on any atom is -0.377 e. The average Bonchev–Trinajstić information content (AvgIpc) is 3.12. The second-order valence-electron chi connectivity index (χ2n) is 10.5. The molecule has 0 aliphatic carbocycles. The number of rotatable bonds is 38. The normalized spacial score (nSPS) is 10.9. The van der Waals surface area contributed by atoms with Crippen molar-refractivity contribution < 1.29 is 66.7 Å². The van der Waals surface area contributed by atoms with E-state index in [1.165, 1.54) is 0 Å². The monoisotopic (exact) mass is 737 g/mol. The molecule has 0 radical (unpaired) electrons. The van der Waals surface area contributed by atoms with E-state index in [2.05, 4.69) is 21.3 Å². The molecular formula is C32H59N5O14. The Morgan fingerprint density at radius 1 is 0.412 bits per heavy atom. The van der Waals surface area contributed by atoms with E-state index >= 15 is 0 Å². The molecule has 0 aromatic rings. The number of carbonyl (C=O) groups is 6. The summed E-state index contributed by atoms with van der Waals surface area (Å²) in [4.78, 5) is 69.4. The summed E-state index contributed by atoms with van der Waals surface area (Å²) in [7, 11) is 0. The molecule has 0 bridgehead atoms. The molecule has 0 saturated heterocycles. The third-order valence-corrected chi connectivity index (χ3v) is 6.18. The van der Waals surface area contributed by atoms with Gasteiger partial charge in [-0.3, -0.25) is 28.8 Å². The molecule has 0 heterocycles. The topological polar surface area (TPSA) is 250 Å². The molecule has 51 heavy (non-hydrogen) atoms. The molecule has 0 aliphatic rings. The van der Waals surface area contributed by atoms with Crippen LogP contribution in [0.3, 0.4) is 0 Å². The fraction of sp³-hybridized carbons (Fsp3) is 0.812. The van der Waals surface area contributed by atoms with Gasteiger partial charge in [0.1, 0.15) is 26.4 Å². The lowest BCUT2D eigenvalue weighted by atomic mass is 10.2. The second-order valence-corrected chi connectivity index (χ2v) is 10.5. The molecule has 6 N–H and O–H groups in total. The highest BCUT2D eigenvalue weighted by Crippen LogP contribution is 1.95. The molecule has 0 unspecified atom stereocenters. The summed E-state index contributed by atoms with van der Waals surface area (Å²) in [6, 6.07) is 0. The van der Waals surface area contributed by atoms with Crippen molar-refractivity contribution in [2.24, 2.45) is 5.73 Å². The van der Waals surface area contributed by atoms with Crippen molar-refractivity contribution in [3.05, 3.63) is 0 Å². The van der Waals surface area contributed by atoms with Gasteiger partial charge in [0.25, 0.3) is 0 Å². The Balaban J connectivity index is 3.42. The van der Waals surface area contributed by atoms with Crippen molar-refractivity contribution >= 4 is 35.2 Å². The van der Waals surface area contributed by atoms with Gasteiger partial charge in [0.15, 0.2) is 11.6 Å². The van der Waals surface area contributed by atoms with Crippen molar-refractivity contribution in [1.29, 1.82) is 0 Å². The first-order valence-electron chi connectivity index (χ1n) is 17.2. The number of carbonyl (C=O) groups excluding carboxylic acids is 6. The Morgan fingerprint density at radius 3 is 1.08 bits per heavy atom. The van der Waals surface area contributed by atoms with Gasteiger partial charge in [0.05, 0.1) is 85.8 Å². The summed E-state index contributed by atoms with van der Waals surface area (Å²) in [6.07, 6.45) is 1.24. The summed E-state index contributed by atoms with van der Waals surface area (Å²) < 4.78 is 42.0. The molecule has 0 atom stereocenters. The highest BCUT2D eigenvalue weighted by Gasteiger charge is 2.06. The first-order valence-corrected chi connectivity index (χ1v) is 17.2. The number of amides is 4. The first kappa shape index (κ1) is 47.9. The summed E-state index contributed by atoms with van der Waals surface area (Å²) in [6.45, 7) is 6.12. The van der Waals surface area contributed by atoms with E-state index in [0.29, 0.717) is 72.1 Å². The van der Waals surface area contributed by atoms with Crippen molar-refractivity contribution in [1.82, 2.24) is 21.3 Å². The number of hydrogen-bond donors (Lipinski definition) is 5. The molecule has 0 aromatic carbocycles. The van der Waals surface area contributed by atoms with Crippen LogP contribution in [0.4, 0.5) is 0 Å². The lowest BCUT2D eigenvalue weighted by Gasteiger charge is -2.09. The van der Waals surface area contributed by atoms with Gasteiger partial charge in [0.2, 0.25) is 23.6 Å². The number of ketones is 2. The van der Waals surface area contributed by atoms with E-state index in [9.17, 15) is 28.8 Å². The number of nitrogens with two attached hydrogens (primary N) is 1. The van der Waals surface area contributed by atoms with Crippen LogP contribution in [0.2, 0.25) is 0 Å². The molecule has 0 aliphatic heterocycles. The van der Waals surface area contributed by atoms with Gasteiger partial charge < -0.3 is 64.9 Å². The Hall–Kier alpha value is -3.14. The van der Waals surface area contributed by atoms with E-state index in [-0.39, 0.29) is 127 Å². The van der Waals surface area contributed by atoms with Gasteiger partial charge in [0, 0.05) is 45.4 Å². The first-order chi connectivity index (χ1) is 24.8. The van der Waals surface area contributed by atoms with Crippen LogP contribution >= 0.6 is 0 Å². The van der Waals surface area contributed by atoms with E-state index in [4.69, 9.17) is 43.6 Å². The van der Waals surface area contributed by atoms with Crippen LogP contribution in [0, 0.1) is 0 Å².